The van der Waals surface area contributed by atoms with Crippen molar-refractivity contribution in [2.45, 2.75) is 0 Å². The first-order valence-corrected chi connectivity index (χ1v) is 5.19. The number of nitrogens with two attached hydrogens (primary N) is 1. The number of nitrogen functional groups attached to an aromatic ring is 1. The molecule has 2 N–H and O–H groups in total. The van der Waals surface area contributed by atoms with Gasteiger partial charge < -0.3 is 5.73 Å². The fourth-order valence-corrected chi connectivity index (χ4v) is 1.91. The van der Waals surface area contributed by atoms with Crippen molar-refractivity contribution in [1.82, 2.24) is 4.98 Å². The third-order valence-corrected chi connectivity index (χ3v) is 2.46. The maximum Gasteiger partial charge on any atom is 0.143 e. The number of hydrogen-bond acceptors (Lipinski definition) is 2. The summed E-state index contributed by atoms with van der Waals surface area (Å²) in [5.41, 5.74) is 7.04. The number of halogens is 3. The molecule has 0 atom stereocenters. The standard InChI is InChI=1S/C11H7Cl2FN2/c12-7-1-6(2-8(13)3-7)11-10(15)4-9(14)5-16-11/h1-5H,15H2. The summed E-state index contributed by atoms with van der Waals surface area (Å²) in [5.74, 6) is -0.477. The molecule has 5 heteroatoms. The Labute approximate surface area is 102 Å². The zero-order chi connectivity index (χ0) is 11.7. The molecule has 16 heavy (non-hydrogen) atoms. The average molecular weight is 257 g/mol. The minimum atomic E-state index is -0.477. The molecule has 0 saturated carbocycles. The van der Waals surface area contributed by atoms with Gasteiger partial charge in [-0.3, -0.25) is 4.98 Å². The van der Waals surface area contributed by atoms with Gasteiger partial charge in [-0.2, -0.15) is 0 Å². The molecule has 0 saturated heterocycles. The molecule has 0 aliphatic rings. The second-order valence-electron chi connectivity index (χ2n) is 3.25. The van der Waals surface area contributed by atoms with Gasteiger partial charge in [-0.05, 0) is 18.2 Å². The van der Waals surface area contributed by atoms with E-state index in [0.29, 0.717) is 21.3 Å². The van der Waals surface area contributed by atoms with Crippen LogP contribution in [-0.2, 0) is 0 Å². The predicted molar refractivity (Wildman–Crippen MR) is 64.1 cm³/mol. The van der Waals surface area contributed by atoms with Gasteiger partial charge in [0.05, 0.1) is 17.6 Å². The minimum Gasteiger partial charge on any atom is -0.397 e. The number of hydrogen-bond donors (Lipinski definition) is 1. The fraction of sp³-hybridized carbons (Fsp3) is 0. The molecule has 1 aromatic heterocycles. The Hall–Kier alpha value is -1.32. The topological polar surface area (TPSA) is 38.9 Å². The highest BCUT2D eigenvalue weighted by molar-refractivity contribution is 6.35. The zero-order valence-electron chi connectivity index (χ0n) is 8.05. The number of benzene rings is 1. The number of rotatable bonds is 1. The van der Waals surface area contributed by atoms with Crippen molar-refractivity contribution in [3.05, 3.63) is 46.3 Å². The van der Waals surface area contributed by atoms with Crippen LogP contribution in [0.15, 0.2) is 30.5 Å². The molecule has 1 aromatic carbocycles. The van der Waals surface area contributed by atoms with Crippen molar-refractivity contribution in [1.29, 1.82) is 0 Å². The molecular formula is C11H7Cl2FN2. The molecule has 0 amide bonds. The van der Waals surface area contributed by atoms with E-state index < -0.39 is 5.82 Å². The highest BCUT2D eigenvalue weighted by atomic mass is 35.5. The van der Waals surface area contributed by atoms with Crippen molar-refractivity contribution >= 4 is 28.9 Å². The Balaban J connectivity index is 2.58. The molecule has 0 unspecified atom stereocenters. The SMILES string of the molecule is Nc1cc(F)cnc1-c1cc(Cl)cc(Cl)c1. The lowest BCUT2D eigenvalue weighted by atomic mass is 10.1. The average Bonchev–Trinajstić information content (AvgIpc) is 2.15. The molecule has 0 aliphatic heterocycles. The van der Waals surface area contributed by atoms with E-state index in [-0.39, 0.29) is 5.69 Å². The monoisotopic (exact) mass is 256 g/mol. The molecule has 0 spiro atoms. The van der Waals surface area contributed by atoms with Crippen LogP contribution in [0.3, 0.4) is 0 Å². The lowest BCUT2D eigenvalue weighted by molar-refractivity contribution is 0.622. The molecule has 0 radical (unpaired) electrons. The van der Waals surface area contributed by atoms with Crippen LogP contribution in [0.5, 0.6) is 0 Å². The Bertz CT molecular complexity index is 523. The summed E-state index contributed by atoms with van der Waals surface area (Å²) in [6.07, 6.45) is 1.10. The molecule has 2 nitrogen and oxygen atoms in total. The summed E-state index contributed by atoms with van der Waals surface area (Å²) in [4.78, 5) is 3.91. The Kier molecular flexibility index (Phi) is 2.99. The highest BCUT2D eigenvalue weighted by Gasteiger charge is 2.07. The van der Waals surface area contributed by atoms with E-state index in [9.17, 15) is 4.39 Å². The van der Waals surface area contributed by atoms with Crippen LogP contribution in [0.2, 0.25) is 10.0 Å². The van der Waals surface area contributed by atoms with Crippen LogP contribution < -0.4 is 5.73 Å². The third-order valence-electron chi connectivity index (χ3n) is 2.02. The fourth-order valence-electron chi connectivity index (χ4n) is 1.39. The van der Waals surface area contributed by atoms with Gasteiger partial charge in [0, 0.05) is 21.7 Å². The normalized spacial score (nSPS) is 10.4. The first-order valence-electron chi connectivity index (χ1n) is 4.44. The van der Waals surface area contributed by atoms with Crippen molar-refractivity contribution < 1.29 is 4.39 Å². The summed E-state index contributed by atoms with van der Waals surface area (Å²) in [7, 11) is 0. The van der Waals surface area contributed by atoms with Crippen LogP contribution >= 0.6 is 23.2 Å². The molecule has 2 aromatic rings. The van der Waals surface area contributed by atoms with Gasteiger partial charge in [0.15, 0.2) is 0 Å². The summed E-state index contributed by atoms with van der Waals surface area (Å²) >= 11 is 11.7. The van der Waals surface area contributed by atoms with Gasteiger partial charge in [0.2, 0.25) is 0 Å². The summed E-state index contributed by atoms with van der Waals surface area (Å²) < 4.78 is 12.8. The van der Waals surface area contributed by atoms with E-state index in [0.717, 1.165) is 6.20 Å². The molecule has 0 fully saturated rings. The van der Waals surface area contributed by atoms with Crippen LogP contribution in [0.25, 0.3) is 11.3 Å². The summed E-state index contributed by atoms with van der Waals surface area (Å²) in [6.45, 7) is 0. The highest BCUT2D eigenvalue weighted by Crippen LogP contribution is 2.29. The second-order valence-corrected chi connectivity index (χ2v) is 4.12. The molecule has 1 heterocycles. The Morgan fingerprint density at radius 2 is 1.69 bits per heavy atom. The first kappa shape index (κ1) is 11.2. The Morgan fingerprint density at radius 1 is 1.06 bits per heavy atom. The van der Waals surface area contributed by atoms with Crippen molar-refractivity contribution in [2.24, 2.45) is 0 Å². The number of anilines is 1. The molecule has 0 bridgehead atoms. The van der Waals surface area contributed by atoms with Crippen LogP contribution in [0, 0.1) is 5.82 Å². The van der Waals surface area contributed by atoms with Crippen molar-refractivity contribution in [2.75, 3.05) is 5.73 Å². The maximum atomic E-state index is 12.8. The number of aromatic nitrogens is 1. The lowest BCUT2D eigenvalue weighted by Crippen LogP contribution is -1.94. The summed E-state index contributed by atoms with van der Waals surface area (Å²) in [6, 6.07) is 6.15. The quantitative estimate of drug-likeness (QED) is 0.844. The van der Waals surface area contributed by atoms with Crippen molar-refractivity contribution in [3.8, 4) is 11.3 Å². The van der Waals surface area contributed by atoms with Gasteiger partial charge in [-0.1, -0.05) is 23.2 Å². The van der Waals surface area contributed by atoms with E-state index in [1.807, 2.05) is 0 Å². The van der Waals surface area contributed by atoms with Crippen molar-refractivity contribution in [3.63, 3.8) is 0 Å². The molecule has 0 aliphatic carbocycles. The van der Waals surface area contributed by atoms with Crippen LogP contribution in [-0.4, -0.2) is 4.98 Å². The molecular weight excluding hydrogens is 250 g/mol. The zero-order valence-corrected chi connectivity index (χ0v) is 9.56. The molecule has 82 valence electrons. The Morgan fingerprint density at radius 3 is 2.25 bits per heavy atom. The largest absolute Gasteiger partial charge is 0.397 e. The van der Waals surface area contributed by atoms with E-state index in [1.54, 1.807) is 18.2 Å². The predicted octanol–water partition coefficient (Wildman–Crippen LogP) is 3.78. The van der Waals surface area contributed by atoms with E-state index >= 15 is 0 Å². The smallest absolute Gasteiger partial charge is 0.143 e. The van der Waals surface area contributed by atoms with Gasteiger partial charge in [0.25, 0.3) is 0 Å². The minimum absolute atomic E-state index is 0.248. The van der Waals surface area contributed by atoms with Gasteiger partial charge in [-0.15, -0.1) is 0 Å². The second kappa shape index (κ2) is 4.28. The number of nitrogens with zero attached hydrogens (tertiary/aromatic N) is 1. The van der Waals surface area contributed by atoms with Gasteiger partial charge >= 0.3 is 0 Å². The lowest BCUT2D eigenvalue weighted by Gasteiger charge is -2.05. The third kappa shape index (κ3) is 2.26. The maximum absolute atomic E-state index is 12.8. The van der Waals surface area contributed by atoms with Gasteiger partial charge in [-0.25, -0.2) is 4.39 Å². The van der Waals surface area contributed by atoms with Crippen LogP contribution in [0.4, 0.5) is 10.1 Å². The van der Waals surface area contributed by atoms with Crippen LogP contribution in [0.1, 0.15) is 0 Å². The first-order chi connectivity index (χ1) is 7.56. The number of pyridine rings is 1. The van der Waals surface area contributed by atoms with Gasteiger partial charge in [0.1, 0.15) is 5.82 Å². The van der Waals surface area contributed by atoms with E-state index in [1.165, 1.54) is 6.07 Å². The molecule has 2 rings (SSSR count). The van der Waals surface area contributed by atoms with E-state index in [2.05, 4.69) is 4.98 Å². The summed E-state index contributed by atoms with van der Waals surface area (Å²) in [5, 5.41) is 0.959. The van der Waals surface area contributed by atoms with E-state index in [4.69, 9.17) is 28.9 Å².